The largest absolute Gasteiger partial charge is 0.361 e. The van der Waals surface area contributed by atoms with E-state index in [-0.39, 0.29) is 5.91 Å². The zero-order valence-corrected chi connectivity index (χ0v) is 14.9. The van der Waals surface area contributed by atoms with Gasteiger partial charge in [0.2, 0.25) is 5.91 Å². The number of aromatic nitrogens is 2. The van der Waals surface area contributed by atoms with Crippen molar-refractivity contribution in [3.63, 3.8) is 0 Å². The van der Waals surface area contributed by atoms with Crippen LogP contribution in [-0.4, -0.2) is 29.0 Å². The minimum atomic E-state index is -0.0286. The highest BCUT2D eigenvalue weighted by atomic mass is 16.1. The maximum absolute atomic E-state index is 12.4. The summed E-state index contributed by atoms with van der Waals surface area (Å²) in [6.07, 6.45) is 9.07. The first-order valence-electron chi connectivity index (χ1n) is 9.35. The molecule has 1 aliphatic rings. The lowest BCUT2D eigenvalue weighted by Crippen LogP contribution is -2.24. The number of fused-ring (bicyclic) bond motifs is 1. The second-order valence-corrected chi connectivity index (χ2v) is 6.89. The molecule has 2 N–H and O–H groups in total. The Morgan fingerprint density at radius 3 is 2.65 bits per heavy atom. The van der Waals surface area contributed by atoms with Crippen LogP contribution < -0.4 is 10.2 Å². The van der Waals surface area contributed by atoms with Gasteiger partial charge in [0.25, 0.3) is 0 Å². The summed E-state index contributed by atoms with van der Waals surface area (Å²) < 4.78 is 0. The van der Waals surface area contributed by atoms with E-state index in [9.17, 15) is 4.79 Å². The third-order valence-corrected chi connectivity index (χ3v) is 4.99. The third-order valence-electron chi connectivity index (χ3n) is 4.99. The number of hydrogen-bond donors (Lipinski definition) is 2. The predicted octanol–water partition coefficient (Wildman–Crippen LogP) is 4.12. The van der Waals surface area contributed by atoms with Crippen molar-refractivity contribution in [2.75, 3.05) is 23.3 Å². The van der Waals surface area contributed by atoms with Gasteiger partial charge in [0, 0.05) is 30.2 Å². The number of amides is 1. The molecule has 0 bridgehead atoms. The molecule has 134 valence electrons. The summed E-state index contributed by atoms with van der Waals surface area (Å²) in [5, 5.41) is 4.05. The molecule has 1 aliphatic heterocycles. The number of pyridine rings is 1. The minimum absolute atomic E-state index is 0.0286. The maximum atomic E-state index is 12.4. The van der Waals surface area contributed by atoms with Crippen molar-refractivity contribution >= 4 is 28.3 Å². The fourth-order valence-electron chi connectivity index (χ4n) is 3.60. The molecule has 3 aromatic rings. The highest BCUT2D eigenvalue weighted by Crippen LogP contribution is 2.20. The number of benzene rings is 1. The van der Waals surface area contributed by atoms with Crippen LogP contribution in [0.3, 0.4) is 0 Å². The van der Waals surface area contributed by atoms with Crippen molar-refractivity contribution in [1.29, 1.82) is 0 Å². The zero-order valence-electron chi connectivity index (χ0n) is 14.9. The number of rotatable bonds is 4. The van der Waals surface area contributed by atoms with Crippen LogP contribution in [0, 0.1) is 0 Å². The van der Waals surface area contributed by atoms with Gasteiger partial charge in [-0.2, -0.15) is 0 Å². The van der Waals surface area contributed by atoms with E-state index in [2.05, 4.69) is 20.2 Å². The van der Waals surface area contributed by atoms with Gasteiger partial charge >= 0.3 is 0 Å². The van der Waals surface area contributed by atoms with Crippen molar-refractivity contribution in [3.8, 4) is 0 Å². The van der Waals surface area contributed by atoms with Crippen molar-refractivity contribution in [3.05, 3.63) is 54.4 Å². The predicted molar refractivity (Wildman–Crippen MR) is 106 cm³/mol. The third kappa shape index (κ3) is 3.72. The molecule has 1 fully saturated rings. The second-order valence-electron chi connectivity index (χ2n) is 6.89. The first-order chi connectivity index (χ1) is 12.8. The number of anilines is 2. The highest BCUT2D eigenvalue weighted by Gasteiger charge is 2.12. The molecular weight excluding hydrogens is 324 g/mol. The van der Waals surface area contributed by atoms with Gasteiger partial charge in [-0.15, -0.1) is 0 Å². The fourth-order valence-corrected chi connectivity index (χ4v) is 3.60. The van der Waals surface area contributed by atoms with E-state index in [1.54, 1.807) is 6.20 Å². The Kier molecular flexibility index (Phi) is 4.86. The van der Waals surface area contributed by atoms with E-state index in [0.717, 1.165) is 41.1 Å². The maximum Gasteiger partial charge on any atom is 0.228 e. The summed E-state index contributed by atoms with van der Waals surface area (Å²) in [4.78, 5) is 22.5. The number of H-pyrrole nitrogens is 1. The zero-order chi connectivity index (χ0) is 17.8. The summed E-state index contributed by atoms with van der Waals surface area (Å²) in [6.45, 7) is 2.14. The first kappa shape index (κ1) is 16.6. The molecule has 4 rings (SSSR count). The summed E-state index contributed by atoms with van der Waals surface area (Å²) >= 11 is 0. The lowest BCUT2D eigenvalue weighted by molar-refractivity contribution is -0.115. The molecule has 3 heterocycles. The average Bonchev–Trinajstić information content (AvgIpc) is 2.88. The minimum Gasteiger partial charge on any atom is -0.361 e. The number of carbonyl (C=O) groups excluding carboxylic acids is 1. The molecule has 1 aromatic carbocycles. The second kappa shape index (κ2) is 7.60. The lowest BCUT2D eigenvalue weighted by atomic mass is 10.1. The van der Waals surface area contributed by atoms with Gasteiger partial charge in [-0.3, -0.25) is 4.79 Å². The molecule has 5 nitrogen and oxygen atoms in total. The standard InChI is InChI=1S/C21H24N4O/c26-21(13-16-14-22-19-8-4-3-7-18(16)19)24-17-9-10-20(23-15-17)25-11-5-1-2-6-12-25/h3-4,7-10,14-15,22H,1-2,5-6,11-13H2,(H,24,26). The first-order valence-corrected chi connectivity index (χ1v) is 9.35. The molecule has 1 saturated heterocycles. The molecule has 5 heteroatoms. The Labute approximate surface area is 153 Å². The van der Waals surface area contributed by atoms with E-state index in [0.29, 0.717) is 6.42 Å². The monoisotopic (exact) mass is 348 g/mol. The Bertz CT molecular complexity index is 876. The molecule has 0 radical (unpaired) electrons. The smallest absolute Gasteiger partial charge is 0.228 e. The number of nitrogens with zero attached hydrogens (tertiary/aromatic N) is 2. The highest BCUT2D eigenvalue weighted by molar-refractivity contribution is 5.95. The van der Waals surface area contributed by atoms with E-state index in [1.165, 1.54) is 25.7 Å². The van der Waals surface area contributed by atoms with E-state index >= 15 is 0 Å². The SMILES string of the molecule is O=C(Cc1c[nH]c2ccccc12)Nc1ccc(N2CCCCCC2)nc1. The van der Waals surface area contributed by atoms with Crippen LogP contribution in [0.2, 0.25) is 0 Å². The van der Waals surface area contributed by atoms with Crippen molar-refractivity contribution < 1.29 is 4.79 Å². The number of carbonyl (C=O) groups is 1. The Balaban J connectivity index is 1.39. The van der Waals surface area contributed by atoms with Gasteiger partial charge in [-0.1, -0.05) is 31.0 Å². The van der Waals surface area contributed by atoms with Crippen molar-refractivity contribution in [1.82, 2.24) is 9.97 Å². The van der Waals surface area contributed by atoms with E-state index in [4.69, 9.17) is 0 Å². The fraction of sp³-hybridized carbons (Fsp3) is 0.333. The van der Waals surface area contributed by atoms with Gasteiger partial charge < -0.3 is 15.2 Å². The molecule has 0 unspecified atom stereocenters. The topological polar surface area (TPSA) is 61.0 Å². The molecule has 0 spiro atoms. The van der Waals surface area contributed by atoms with Crippen LogP contribution in [-0.2, 0) is 11.2 Å². The number of nitrogens with one attached hydrogen (secondary N) is 2. The summed E-state index contributed by atoms with van der Waals surface area (Å²) in [7, 11) is 0. The summed E-state index contributed by atoms with van der Waals surface area (Å²) in [5.74, 6) is 0.973. The van der Waals surface area contributed by atoms with Crippen LogP contribution in [0.15, 0.2) is 48.8 Å². The van der Waals surface area contributed by atoms with Crippen LogP contribution in [0.25, 0.3) is 10.9 Å². The van der Waals surface area contributed by atoms with Crippen molar-refractivity contribution in [2.45, 2.75) is 32.1 Å². The Morgan fingerprint density at radius 2 is 1.88 bits per heavy atom. The summed E-state index contributed by atoms with van der Waals surface area (Å²) in [5.41, 5.74) is 2.81. The number of hydrogen-bond acceptors (Lipinski definition) is 3. The molecule has 0 saturated carbocycles. The molecular formula is C21H24N4O. The van der Waals surface area contributed by atoms with Crippen LogP contribution >= 0.6 is 0 Å². The number of para-hydroxylation sites is 1. The van der Waals surface area contributed by atoms with Gasteiger partial charge in [-0.05, 0) is 36.6 Å². The Hall–Kier alpha value is -2.82. The van der Waals surface area contributed by atoms with Crippen LogP contribution in [0.1, 0.15) is 31.2 Å². The van der Waals surface area contributed by atoms with Crippen LogP contribution in [0.5, 0.6) is 0 Å². The number of aromatic amines is 1. The summed E-state index contributed by atoms with van der Waals surface area (Å²) in [6, 6.07) is 12.0. The lowest BCUT2D eigenvalue weighted by Gasteiger charge is -2.21. The normalized spacial score (nSPS) is 15.0. The molecule has 2 aromatic heterocycles. The van der Waals surface area contributed by atoms with E-state index < -0.39 is 0 Å². The van der Waals surface area contributed by atoms with Crippen molar-refractivity contribution in [2.24, 2.45) is 0 Å². The Morgan fingerprint density at radius 1 is 1.08 bits per heavy atom. The molecule has 0 atom stereocenters. The average molecular weight is 348 g/mol. The van der Waals surface area contributed by atoms with Gasteiger partial charge in [0.1, 0.15) is 5.82 Å². The van der Waals surface area contributed by atoms with Gasteiger partial charge in [0.05, 0.1) is 18.3 Å². The van der Waals surface area contributed by atoms with Gasteiger partial charge in [0.15, 0.2) is 0 Å². The quantitative estimate of drug-likeness (QED) is 0.745. The molecule has 0 aliphatic carbocycles. The molecule has 1 amide bonds. The molecule has 26 heavy (non-hydrogen) atoms. The van der Waals surface area contributed by atoms with E-state index in [1.807, 2.05) is 42.6 Å². The van der Waals surface area contributed by atoms with Gasteiger partial charge in [-0.25, -0.2) is 4.98 Å². The van der Waals surface area contributed by atoms with Crippen LogP contribution in [0.4, 0.5) is 11.5 Å².